The van der Waals surface area contributed by atoms with Crippen molar-refractivity contribution in [3.8, 4) is 0 Å². The van der Waals surface area contributed by atoms with E-state index < -0.39 is 0 Å². The zero-order chi connectivity index (χ0) is 13.1. The molecular weight excluding hydrogens is 240 g/mol. The van der Waals surface area contributed by atoms with E-state index in [0.717, 1.165) is 0 Å². The minimum Gasteiger partial charge on any atom is -0.0770 e. The molecule has 2 aromatic carbocycles. The molecule has 0 saturated heterocycles. The van der Waals surface area contributed by atoms with E-state index in [1.54, 1.807) is 11.1 Å². The van der Waals surface area contributed by atoms with E-state index in [1.165, 1.54) is 46.7 Å². The Kier molecular flexibility index (Phi) is 1.99. The van der Waals surface area contributed by atoms with Gasteiger partial charge in [-0.3, -0.25) is 0 Å². The van der Waals surface area contributed by atoms with Gasteiger partial charge in [-0.2, -0.15) is 0 Å². The molecule has 2 aromatic rings. The Morgan fingerprint density at radius 1 is 1.00 bits per heavy atom. The van der Waals surface area contributed by atoms with E-state index in [2.05, 4.69) is 54.6 Å². The van der Waals surface area contributed by atoms with E-state index in [0.29, 0.717) is 5.92 Å². The Morgan fingerprint density at radius 3 is 2.95 bits per heavy atom. The van der Waals surface area contributed by atoms with Gasteiger partial charge in [0.05, 0.1) is 0 Å². The summed E-state index contributed by atoms with van der Waals surface area (Å²) in [5, 5.41) is 2.80. The summed E-state index contributed by atoms with van der Waals surface area (Å²) >= 11 is 0. The first-order valence-corrected chi connectivity index (χ1v) is 7.58. The normalized spacial score (nSPS) is 22.8. The molecule has 0 aromatic heterocycles. The fraction of sp³-hybridized carbons (Fsp3) is 0.200. The van der Waals surface area contributed by atoms with Crippen LogP contribution in [0.5, 0.6) is 0 Å². The average Bonchev–Trinajstić information content (AvgIpc) is 2.85. The summed E-state index contributed by atoms with van der Waals surface area (Å²) in [6.45, 7) is 0. The quantitative estimate of drug-likeness (QED) is 0.595. The number of hydrogen-bond donors (Lipinski definition) is 0. The maximum Gasteiger partial charge on any atom is 0.00303 e. The first kappa shape index (κ1) is 10.7. The third-order valence-corrected chi connectivity index (χ3v) is 5.06. The number of allylic oxidation sites excluding steroid dienone is 6. The van der Waals surface area contributed by atoms with Crippen LogP contribution < -0.4 is 0 Å². The van der Waals surface area contributed by atoms with Gasteiger partial charge in [-0.05, 0) is 57.9 Å². The highest BCUT2D eigenvalue weighted by molar-refractivity contribution is 6.10. The van der Waals surface area contributed by atoms with Gasteiger partial charge in [0.2, 0.25) is 0 Å². The van der Waals surface area contributed by atoms with Crippen molar-refractivity contribution in [2.45, 2.75) is 19.3 Å². The van der Waals surface area contributed by atoms with Crippen LogP contribution in [0.4, 0.5) is 0 Å². The lowest BCUT2D eigenvalue weighted by Crippen LogP contribution is -2.09. The Bertz CT molecular complexity index is 830. The van der Waals surface area contributed by atoms with Crippen LogP contribution in [0.3, 0.4) is 0 Å². The molecule has 1 unspecified atom stereocenters. The van der Waals surface area contributed by atoms with Crippen LogP contribution in [0.25, 0.3) is 21.9 Å². The third-order valence-electron chi connectivity index (χ3n) is 5.06. The van der Waals surface area contributed by atoms with Gasteiger partial charge in [0.1, 0.15) is 0 Å². The third kappa shape index (κ3) is 1.22. The van der Waals surface area contributed by atoms with Crippen molar-refractivity contribution in [2.75, 3.05) is 0 Å². The van der Waals surface area contributed by atoms with Crippen LogP contribution in [0.2, 0.25) is 0 Å². The molecule has 20 heavy (non-hydrogen) atoms. The van der Waals surface area contributed by atoms with Crippen LogP contribution in [0, 0.1) is 5.92 Å². The Balaban J connectivity index is 1.93. The maximum absolute atomic E-state index is 2.39. The van der Waals surface area contributed by atoms with Crippen molar-refractivity contribution in [2.24, 2.45) is 5.92 Å². The van der Waals surface area contributed by atoms with Crippen LogP contribution in [-0.2, 0) is 0 Å². The number of fused-ring (bicyclic) bond motifs is 5. The summed E-state index contributed by atoms with van der Waals surface area (Å²) in [6.07, 6.45) is 10.9. The molecule has 0 spiro atoms. The van der Waals surface area contributed by atoms with Gasteiger partial charge < -0.3 is 0 Å². The standard InChI is InChI=1S/C20H16/c1-2-8-15-13(5-1)11-12-17-16-9-3-6-14-7-4-10-18(19(14)16)20(15)17/h1-3,5-6,8-9,11-12,14H,4,7,10H2. The molecular formula is C20H16. The second kappa shape index (κ2) is 3.73. The first-order chi connectivity index (χ1) is 9.93. The molecule has 96 valence electrons. The molecule has 0 amide bonds. The highest BCUT2D eigenvalue weighted by atomic mass is 14.4. The minimum atomic E-state index is 0.657. The zero-order valence-corrected chi connectivity index (χ0v) is 11.4. The predicted molar refractivity (Wildman–Crippen MR) is 85.3 cm³/mol. The summed E-state index contributed by atoms with van der Waals surface area (Å²) in [5.41, 5.74) is 7.74. The summed E-state index contributed by atoms with van der Waals surface area (Å²) in [6, 6.07) is 13.4. The van der Waals surface area contributed by atoms with E-state index in [-0.39, 0.29) is 0 Å². The van der Waals surface area contributed by atoms with Crippen LogP contribution in [-0.4, -0.2) is 0 Å². The Morgan fingerprint density at radius 2 is 1.95 bits per heavy atom. The van der Waals surface area contributed by atoms with Crippen LogP contribution >= 0.6 is 0 Å². The first-order valence-electron chi connectivity index (χ1n) is 7.58. The highest BCUT2D eigenvalue weighted by Crippen LogP contribution is 2.53. The van der Waals surface area contributed by atoms with Gasteiger partial charge in [0.15, 0.2) is 0 Å². The van der Waals surface area contributed by atoms with Crippen molar-refractivity contribution in [3.63, 3.8) is 0 Å². The topological polar surface area (TPSA) is 0 Å². The maximum atomic E-state index is 2.39. The van der Waals surface area contributed by atoms with Gasteiger partial charge in [-0.15, -0.1) is 0 Å². The van der Waals surface area contributed by atoms with Gasteiger partial charge >= 0.3 is 0 Å². The van der Waals surface area contributed by atoms with Crippen molar-refractivity contribution in [3.05, 3.63) is 71.3 Å². The van der Waals surface area contributed by atoms with Gasteiger partial charge in [-0.1, -0.05) is 54.6 Å². The van der Waals surface area contributed by atoms with Crippen molar-refractivity contribution >= 4 is 21.9 Å². The number of rotatable bonds is 0. The molecule has 5 rings (SSSR count). The molecule has 3 aliphatic carbocycles. The van der Waals surface area contributed by atoms with Crippen molar-refractivity contribution in [1.29, 1.82) is 0 Å². The summed E-state index contributed by atoms with van der Waals surface area (Å²) in [7, 11) is 0. The lowest BCUT2D eigenvalue weighted by molar-refractivity contribution is 0.623. The molecule has 0 aliphatic heterocycles. The predicted octanol–water partition coefficient (Wildman–Crippen LogP) is 5.36. The van der Waals surface area contributed by atoms with Crippen molar-refractivity contribution in [1.82, 2.24) is 0 Å². The lowest BCUT2D eigenvalue weighted by atomic mass is 9.79. The summed E-state index contributed by atoms with van der Waals surface area (Å²) < 4.78 is 0. The second-order valence-corrected chi connectivity index (χ2v) is 6.07. The molecule has 0 fully saturated rings. The Labute approximate surface area is 119 Å². The fourth-order valence-corrected chi connectivity index (χ4v) is 4.25. The molecule has 0 bridgehead atoms. The Hall–Kier alpha value is -2.08. The smallest absolute Gasteiger partial charge is 0.00303 e. The SMILES string of the molecule is C1=CC2CCCC3=C2C(=C1)c1ccc2ccccc2c13. The average molecular weight is 256 g/mol. The highest BCUT2D eigenvalue weighted by Gasteiger charge is 2.34. The van der Waals surface area contributed by atoms with Crippen LogP contribution in [0.1, 0.15) is 30.4 Å². The van der Waals surface area contributed by atoms with E-state index in [9.17, 15) is 0 Å². The molecule has 1 atom stereocenters. The molecule has 0 heteroatoms. The number of benzene rings is 2. The molecule has 0 saturated carbocycles. The van der Waals surface area contributed by atoms with E-state index in [1.807, 2.05) is 0 Å². The molecule has 3 aliphatic rings. The van der Waals surface area contributed by atoms with E-state index >= 15 is 0 Å². The number of hydrogen-bond acceptors (Lipinski definition) is 0. The lowest BCUT2D eigenvalue weighted by Gasteiger charge is -2.25. The van der Waals surface area contributed by atoms with Crippen molar-refractivity contribution < 1.29 is 0 Å². The molecule has 0 heterocycles. The fourth-order valence-electron chi connectivity index (χ4n) is 4.25. The van der Waals surface area contributed by atoms with E-state index in [4.69, 9.17) is 0 Å². The molecule has 0 nitrogen and oxygen atoms in total. The van der Waals surface area contributed by atoms with Gasteiger partial charge in [0.25, 0.3) is 0 Å². The zero-order valence-electron chi connectivity index (χ0n) is 11.4. The second-order valence-electron chi connectivity index (χ2n) is 6.07. The minimum absolute atomic E-state index is 0.657. The largest absolute Gasteiger partial charge is 0.0770 e. The summed E-state index contributed by atoms with van der Waals surface area (Å²) in [4.78, 5) is 0. The summed E-state index contributed by atoms with van der Waals surface area (Å²) in [5.74, 6) is 0.657. The van der Waals surface area contributed by atoms with Gasteiger partial charge in [0, 0.05) is 5.92 Å². The van der Waals surface area contributed by atoms with Crippen LogP contribution in [0.15, 0.2) is 60.2 Å². The van der Waals surface area contributed by atoms with Gasteiger partial charge in [-0.25, -0.2) is 0 Å². The monoisotopic (exact) mass is 256 g/mol. The molecule has 0 radical (unpaired) electrons. The molecule has 0 N–H and O–H groups in total.